The zero-order valence-electron chi connectivity index (χ0n) is 14.2. The Hall–Kier alpha value is -1.72. The van der Waals surface area contributed by atoms with E-state index in [2.05, 4.69) is 4.98 Å². The minimum Gasteiger partial charge on any atom is -0.460 e. The highest BCUT2D eigenvalue weighted by atomic mass is 35.5. The second kappa shape index (κ2) is 7.67. The van der Waals surface area contributed by atoms with Gasteiger partial charge in [-0.1, -0.05) is 23.7 Å². The summed E-state index contributed by atoms with van der Waals surface area (Å²) < 4.78 is 5.27. The molecule has 1 heterocycles. The molecule has 6 heteroatoms. The molecule has 1 aliphatic rings. The van der Waals surface area contributed by atoms with Crippen LogP contribution in [0.4, 0.5) is 0 Å². The van der Waals surface area contributed by atoms with E-state index in [0.717, 1.165) is 17.0 Å². The molecule has 0 bridgehead atoms. The van der Waals surface area contributed by atoms with E-state index in [1.165, 1.54) is 0 Å². The summed E-state index contributed by atoms with van der Waals surface area (Å²) in [7, 11) is 0. The predicted molar refractivity (Wildman–Crippen MR) is 101 cm³/mol. The lowest BCUT2D eigenvalue weighted by atomic mass is 9.81. The Morgan fingerprint density at radius 1 is 1.32 bits per heavy atom. The van der Waals surface area contributed by atoms with Gasteiger partial charge in [0.1, 0.15) is 12.3 Å². The maximum Gasteiger partial charge on any atom is 0.355 e. The van der Waals surface area contributed by atoms with Crippen molar-refractivity contribution in [3.63, 3.8) is 0 Å². The molecule has 25 heavy (non-hydrogen) atoms. The summed E-state index contributed by atoms with van der Waals surface area (Å²) in [6.07, 6.45) is 3.10. The van der Waals surface area contributed by atoms with Crippen LogP contribution in [-0.4, -0.2) is 35.4 Å². The van der Waals surface area contributed by atoms with Gasteiger partial charge < -0.3 is 9.72 Å². The molecule has 1 atom stereocenters. The number of fused-ring (bicyclic) bond motifs is 1. The number of rotatable bonds is 5. The van der Waals surface area contributed by atoms with Crippen molar-refractivity contribution < 1.29 is 14.3 Å². The second-order valence-electron chi connectivity index (χ2n) is 6.19. The third-order valence-electron chi connectivity index (χ3n) is 4.55. The van der Waals surface area contributed by atoms with Crippen molar-refractivity contribution in [3.8, 4) is 0 Å². The highest BCUT2D eigenvalue weighted by Gasteiger charge is 2.32. The van der Waals surface area contributed by atoms with Gasteiger partial charge in [0.15, 0.2) is 5.78 Å². The van der Waals surface area contributed by atoms with Crippen LogP contribution >= 0.6 is 23.4 Å². The van der Waals surface area contributed by atoms with E-state index in [1.54, 1.807) is 18.7 Å². The molecule has 4 nitrogen and oxygen atoms in total. The van der Waals surface area contributed by atoms with Gasteiger partial charge in [-0.15, -0.1) is 0 Å². The standard InChI is InChI=1S/C19H20ClNO3S/c1-11-17-15(21-18(11)19(23)24-7-8-25-2)9-13(10-16(17)22)12-3-5-14(20)6-4-12/h3-6,13,21H,7-10H2,1-2H3. The van der Waals surface area contributed by atoms with Gasteiger partial charge in [0.05, 0.1) is 0 Å². The van der Waals surface area contributed by atoms with Gasteiger partial charge in [-0.2, -0.15) is 11.8 Å². The van der Waals surface area contributed by atoms with E-state index in [0.29, 0.717) is 41.3 Å². The quantitative estimate of drug-likeness (QED) is 0.619. The molecule has 0 amide bonds. The summed E-state index contributed by atoms with van der Waals surface area (Å²) in [6, 6.07) is 7.59. The first-order valence-electron chi connectivity index (χ1n) is 8.17. The van der Waals surface area contributed by atoms with Crippen LogP contribution in [0.2, 0.25) is 5.02 Å². The third kappa shape index (κ3) is 3.77. The average molecular weight is 378 g/mol. The molecule has 0 saturated heterocycles. The zero-order valence-corrected chi connectivity index (χ0v) is 15.8. The molecule has 1 aromatic carbocycles. The number of thioether (sulfide) groups is 1. The molecule has 0 spiro atoms. The third-order valence-corrected chi connectivity index (χ3v) is 5.38. The van der Waals surface area contributed by atoms with E-state index in [9.17, 15) is 9.59 Å². The van der Waals surface area contributed by atoms with Gasteiger partial charge in [-0.05, 0) is 48.8 Å². The number of carbonyl (C=O) groups is 2. The Morgan fingerprint density at radius 3 is 2.72 bits per heavy atom. The summed E-state index contributed by atoms with van der Waals surface area (Å²) in [5, 5.41) is 0.678. The van der Waals surface area contributed by atoms with Gasteiger partial charge in [0.25, 0.3) is 0 Å². The van der Waals surface area contributed by atoms with E-state index < -0.39 is 5.97 Å². The molecular formula is C19H20ClNO3S. The molecule has 1 aromatic heterocycles. The highest BCUT2D eigenvalue weighted by Crippen LogP contribution is 2.35. The Morgan fingerprint density at radius 2 is 2.04 bits per heavy atom. The van der Waals surface area contributed by atoms with Crippen LogP contribution in [0, 0.1) is 6.92 Å². The summed E-state index contributed by atoms with van der Waals surface area (Å²) in [5.41, 5.74) is 3.66. The monoisotopic (exact) mass is 377 g/mol. The minimum absolute atomic E-state index is 0.0677. The van der Waals surface area contributed by atoms with Crippen molar-refractivity contribution >= 4 is 35.1 Å². The molecular weight excluding hydrogens is 358 g/mol. The molecule has 3 rings (SSSR count). The first-order valence-corrected chi connectivity index (χ1v) is 9.94. The van der Waals surface area contributed by atoms with Gasteiger partial charge >= 0.3 is 5.97 Å². The maximum absolute atomic E-state index is 12.7. The minimum atomic E-state index is -0.392. The summed E-state index contributed by atoms with van der Waals surface area (Å²) in [4.78, 5) is 28.1. The number of esters is 1. The van der Waals surface area contributed by atoms with Crippen LogP contribution in [0.5, 0.6) is 0 Å². The zero-order chi connectivity index (χ0) is 18.0. The summed E-state index contributed by atoms with van der Waals surface area (Å²) in [6.45, 7) is 2.17. The number of ketones is 1. The van der Waals surface area contributed by atoms with Crippen molar-refractivity contribution in [2.45, 2.75) is 25.7 Å². The largest absolute Gasteiger partial charge is 0.460 e. The lowest BCUT2D eigenvalue weighted by Gasteiger charge is -2.22. The normalized spacial score (nSPS) is 16.6. The molecule has 0 aliphatic heterocycles. The second-order valence-corrected chi connectivity index (χ2v) is 7.61. The van der Waals surface area contributed by atoms with Crippen LogP contribution < -0.4 is 0 Å². The van der Waals surface area contributed by atoms with E-state index >= 15 is 0 Å². The fraction of sp³-hybridized carbons (Fsp3) is 0.368. The highest BCUT2D eigenvalue weighted by molar-refractivity contribution is 7.98. The first kappa shape index (κ1) is 18.1. The fourth-order valence-corrected chi connectivity index (χ4v) is 3.67. The molecule has 0 fully saturated rings. The van der Waals surface area contributed by atoms with E-state index in [1.807, 2.05) is 30.5 Å². The average Bonchev–Trinajstić information content (AvgIpc) is 2.93. The number of ether oxygens (including phenoxy) is 1. The van der Waals surface area contributed by atoms with Crippen LogP contribution in [0.15, 0.2) is 24.3 Å². The SMILES string of the molecule is CSCCOC(=O)c1[nH]c2c(c1C)C(=O)CC(c1ccc(Cl)cc1)C2. The molecule has 0 saturated carbocycles. The molecule has 132 valence electrons. The Labute approximate surface area is 156 Å². The van der Waals surface area contributed by atoms with Gasteiger partial charge in [0.2, 0.25) is 0 Å². The topological polar surface area (TPSA) is 59.2 Å². The first-order chi connectivity index (χ1) is 12.0. The number of H-pyrrole nitrogens is 1. The van der Waals surface area contributed by atoms with Crippen molar-refractivity contribution in [1.29, 1.82) is 0 Å². The van der Waals surface area contributed by atoms with E-state index in [4.69, 9.17) is 16.3 Å². The van der Waals surface area contributed by atoms with Crippen LogP contribution in [0.25, 0.3) is 0 Å². The number of Topliss-reactive ketones (excluding diaryl/α,β-unsaturated/α-hetero) is 1. The molecule has 1 N–H and O–H groups in total. The van der Waals surface area contributed by atoms with E-state index in [-0.39, 0.29) is 11.7 Å². The number of hydrogen-bond acceptors (Lipinski definition) is 4. The number of carbonyl (C=O) groups excluding carboxylic acids is 2. The van der Waals surface area contributed by atoms with Crippen molar-refractivity contribution in [1.82, 2.24) is 4.98 Å². The number of halogens is 1. The number of aromatic amines is 1. The van der Waals surface area contributed by atoms with Crippen molar-refractivity contribution in [3.05, 3.63) is 57.4 Å². The molecule has 1 aliphatic carbocycles. The molecule has 0 radical (unpaired) electrons. The number of nitrogens with one attached hydrogen (secondary N) is 1. The van der Waals surface area contributed by atoms with Gasteiger partial charge in [0, 0.05) is 28.5 Å². The smallest absolute Gasteiger partial charge is 0.355 e. The van der Waals surface area contributed by atoms with Crippen LogP contribution in [-0.2, 0) is 11.2 Å². The number of hydrogen-bond donors (Lipinski definition) is 1. The van der Waals surface area contributed by atoms with Gasteiger partial charge in [-0.25, -0.2) is 4.79 Å². The molecule has 1 unspecified atom stereocenters. The van der Waals surface area contributed by atoms with Crippen molar-refractivity contribution in [2.24, 2.45) is 0 Å². The lowest BCUT2D eigenvalue weighted by molar-refractivity contribution is 0.0523. The van der Waals surface area contributed by atoms with Crippen LogP contribution in [0.3, 0.4) is 0 Å². The van der Waals surface area contributed by atoms with Crippen LogP contribution in [0.1, 0.15) is 50.0 Å². The predicted octanol–water partition coefficient (Wildman–Crippen LogP) is 4.41. The fourth-order valence-electron chi connectivity index (χ4n) is 3.30. The Balaban J connectivity index is 1.84. The lowest BCUT2D eigenvalue weighted by Crippen LogP contribution is -2.18. The Bertz CT molecular complexity index is 798. The number of benzene rings is 1. The number of aromatic nitrogens is 1. The molecule has 2 aromatic rings. The van der Waals surface area contributed by atoms with Gasteiger partial charge in [-0.3, -0.25) is 4.79 Å². The summed E-state index contributed by atoms with van der Waals surface area (Å²) >= 11 is 7.56. The summed E-state index contributed by atoms with van der Waals surface area (Å²) in [5.74, 6) is 0.522. The Kier molecular flexibility index (Phi) is 5.54. The maximum atomic E-state index is 12.7. The van der Waals surface area contributed by atoms with Crippen molar-refractivity contribution in [2.75, 3.05) is 18.6 Å².